The van der Waals surface area contributed by atoms with Gasteiger partial charge in [-0.1, -0.05) is 24.3 Å². The summed E-state index contributed by atoms with van der Waals surface area (Å²) in [4.78, 5) is 16.5. The van der Waals surface area contributed by atoms with E-state index in [4.69, 9.17) is 0 Å². The van der Waals surface area contributed by atoms with Gasteiger partial charge in [0.25, 0.3) is 5.91 Å². The van der Waals surface area contributed by atoms with Crippen molar-refractivity contribution in [3.05, 3.63) is 65.0 Å². The number of nitrogens with one attached hydrogen (secondary N) is 3. The summed E-state index contributed by atoms with van der Waals surface area (Å²) in [5.74, 6) is -0.156. The molecule has 0 spiro atoms. The lowest BCUT2D eigenvalue weighted by Crippen LogP contribution is -2.28. The topological polar surface area (TPSA) is 101 Å². The van der Waals surface area contributed by atoms with E-state index in [1.165, 1.54) is 6.33 Å². The first-order valence-electron chi connectivity index (χ1n) is 8.25. The minimum atomic E-state index is -0.156. The van der Waals surface area contributed by atoms with Gasteiger partial charge in [-0.25, -0.2) is 9.67 Å². The molecule has 0 saturated carbocycles. The van der Waals surface area contributed by atoms with Crippen LogP contribution in [-0.2, 0) is 26.1 Å². The first kappa shape index (κ1) is 20.9. The number of carbonyl (C=O) groups is 1. The fourth-order valence-corrected chi connectivity index (χ4v) is 3.05. The Labute approximate surface area is 169 Å². The molecule has 0 atom stereocenters. The normalized spacial score (nSPS) is 12.4. The van der Waals surface area contributed by atoms with Crippen LogP contribution < -0.4 is 10.6 Å². The molecule has 4 rings (SSSR count). The Kier molecular flexibility index (Phi) is 7.35. The number of fused-ring (bicyclic) bond motifs is 1. The zero-order valence-electron chi connectivity index (χ0n) is 14.5. The maximum Gasteiger partial charge on any atom is 0.272 e. The van der Waals surface area contributed by atoms with Crippen LogP contribution in [0.2, 0.25) is 0 Å². The van der Waals surface area contributed by atoms with Crippen LogP contribution >= 0.6 is 24.8 Å². The van der Waals surface area contributed by atoms with Gasteiger partial charge in [0.2, 0.25) is 0 Å². The molecule has 0 radical (unpaired) electrons. The summed E-state index contributed by atoms with van der Waals surface area (Å²) in [7, 11) is 0. The molecular weight excluding hydrogens is 389 g/mol. The summed E-state index contributed by atoms with van der Waals surface area (Å²) in [5, 5.41) is 17.6. The van der Waals surface area contributed by atoms with E-state index in [-0.39, 0.29) is 30.7 Å². The third kappa shape index (κ3) is 4.65. The lowest BCUT2D eigenvalue weighted by Gasteiger charge is -2.13. The highest BCUT2D eigenvalue weighted by Crippen LogP contribution is 2.16. The van der Waals surface area contributed by atoms with Gasteiger partial charge in [0.15, 0.2) is 5.69 Å². The molecule has 27 heavy (non-hydrogen) atoms. The Hall–Kier alpha value is -2.42. The molecule has 0 unspecified atom stereocenters. The molecule has 144 valence electrons. The largest absolute Gasteiger partial charge is 0.347 e. The van der Waals surface area contributed by atoms with Gasteiger partial charge in [0, 0.05) is 37.3 Å². The molecule has 1 amide bonds. The number of aromatic amines is 1. The van der Waals surface area contributed by atoms with Crippen LogP contribution in [0.15, 0.2) is 36.9 Å². The Balaban J connectivity index is 0.00000131. The first-order chi connectivity index (χ1) is 12.3. The molecule has 8 nitrogen and oxygen atoms in total. The van der Waals surface area contributed by atoms with E-state index < -0.39 is 0 Å². The number of H-pyrrole nitrogens is 1. The quantitative estimate of drug-likeness (QED) is 0.592. The van der Waals surface area contributed by atoms with Crippen molar-refractivity contribution in [1.29, 1.82) is 0 Å². The minimum Gasteiger partial charge on any atom is -0.347 e. The molecule has 3 N–H and O–H groups in total. The number of benzene rings is 1. The standard InChI is InChI=1S/C17H19N7O.2ClH/c25-17(16-14-8-18-6-5-15(14)22-23-16)20-7-12-3-1-2-4-13(12)9-24-11-19-10-21-24;;/h1-4,10-11,18H,5-9H2,(H,20,25)(H,22,23);2*1H. The molecule has 1 aliphatic rings. The number of aromatic nitrogens is 5. The van der Waals surface area contributed by atoms with Crippen molar-refractivity contribution in [2.24, 2.45) is 0 Å². The number of hydrogen-bond acceptors (Lipinski definition) is 5. The van der Waals surface area contributed by atoms with E-state index in [2.05, 4.69) is 30.9 Å². The van der Waals surface area contributed by atoms with Crippen molar-refractivity contribution in [3.8, 4) is 0 Å². The summed E-state index contributed by atoms with van der Waals surface area (Å²) in [5.41, 5.74) is 4.65. The van der Waals surface area contributed by atoms with Gasteiger partial charge in [-0.05, 0) is 11.1 Å². The number of amides is 1. The van der Waals surface area contributed by atoms with Crippen LogP contribution in [0.25, 0.3) is 0 Å². The summed E-state index contributed by atoms with van der Waals surface area (Å²) < 4.78 is 1.76. The SMILES string of the molecule is Cl.Cl.O=C(NCc1ccccc1Cn1cncn1)c1n[nH]c2c1CNCC2. The minimum absolute atomic E-state index is 0. The molecule has 0 saturated heterocycles. The maximum absolute atomic E-state index is 12.5. The van der Waals surface area contributed by atoms with Crippen LogP contribution in [0.4, 0.5) is 0 Å². The summed E-state index contributed by atoms with van der Waals surface area (Å²) in [6.45, 7) is 2.65. The lowest BCUT2D eigenvalue weighted by atomic mass is 10.1. The van der Waals surface area contributed by atoms with Crippen molar-refractivity contribution in [2.45, 2.75) is 26.1 Å². The van der Waals surface area contributed by atoms with E-state index in [9.17, 15) is 4.79 Å². The van der Waals surface area contributed by atoms with Crippen LogP contribution in [0.1, 0.15) is 32.9 Å². The molecular formula is C17H21Cl2N7O. The Morgan fingerprint density at radius 2 is 2.04 bits per heavy atom. The molecule has 0 fully saturated rings. The second-order valence-electron chi connectivity index (χ2n) is 6.00. The predicted molar refractivity (Wildman–Crippen MR) is 105 cm³/mol. The molecule has 2 aromatic heterocycles. The first-order valence-corrected chi connectivity index (χ1v) is 8.25. The van der Waals surface area contributed by atoms with Gasteiger partial charge < -0.3 is 10.6 Å². The van der Waals surface area contributed by atoms with Crippen molar-refractivity contribution in [2.75, 3.05) is 6.54 Å². The summed E-state index contributed by atoms with van der Waals surface area (Å²) in [6.07, 6.45) is 4.06. The fourth-order valence-electron chi connectivity index (χ4n) is 3.05. The summed E-state index contributed by atoms with van der Waals surface area (Å²) in [6, 6.07) is 7.98. The van der Waals surface area contributed by atoms with E-state index in [0.29, 0.717) is 25.3 Å². The third-order valence-corrected chi connectivity index (χ3v) is 4.38. The number of nitrogens with zero attached hydrogens (tertiary/aromatic N) is 4. The van der Waals surface area contributed by atoms with Crippen LogP contribution in [0.3, 0.4) is 0 Å². The molecule has 1 aliphatic heterocycles. The Morgan fingerprint density at radius 3 is 2.81 bits per heavy atom. The molecule has 3 aromatic rings. The second kappa shape index (κ2) is 9.50. The predicted octanol–water partition coefficient (Wildman–Crippen LogP) is 1.47. The van der Waals surface area contributed by atoms with E-state index in [1.54, 1.807) is 11.0 Å². The number of rotatable bonds is 5. The molecule has 10 heteroatoms. The van der Waals surface area contributed by atoms with Gasteiger partial charge in [0.05, 0.1) is 6.54 Å². The molecule has 0 bridgehead atoms. The van der Waals surface area contributed by atoms with Gasteiger partial charge in [-0.2, -0.15) is 10.2 Å². The number of hydrogen-bond donors (Lipinski definition) is 3. The molecule has 0 aliphatic carbocycles. The second-order valence-corrected chi connectivity index (χ2v) is 6.00. The Morgan fingerprint density at radius 1 is 1.22 bits per heavy atom. The average Bonchev–Trinajstić information content (AvgIpc) is 3.30. The van der Waals surface area contributed by atoms with Crippen molar-refractivity contribution < 1.29 is 4.79 Å². The zero-order valence-corrected chi connectivity index (χ0v) is 16.1. The van der Waals surface area contributed by atoms with Gasteiger partial charge in [-0.15, -0.1) is 24.8 Å². The number of carbonyl (C=O) groups excluding carboxylic acids is 1. The van der Waals surface area contributed by atoms with Crippen LogP contribution in [0.5, 0.6) is 0 Å². The monoisotopic (exact) mass is 409 g/mol. The van der Waals surface area contributed by atoms with Crippen molar-refractivity contribution in [1.82, 2.24) is 35.6 Å². The zero-order chi connectivity index (χ0) is 17.1. The highest BCUT2D eigenvalue weighted by atomic mass is 35.5. The molecule has 1 aromatic carbocycles. The highest BCUT2D eigenvalue weighted by Gasteiger charge is 2.21. The Bertz CT molecular complexity index is 879. The van der Waals surface area contributed by atoms with E-state index in [0.717, 1.165) is 35.3 Å². The lowest BCUT2D eigenvalue weighted by molar-refractivity contribution is 0.0944. The van der Waals surface area contributed by atoms with E-state index in [1.807, 2.05) is 24.3 Å². The van der Waals surface area contributed by atoms with Crippen LogP contribution in [0, 0.1) is 0 Å². The highest BCUT2D eigenvalue weighted by molar-refractivity contribution is 5.94. The van der Waals surface area contributed by atoms with Crippen LogP contribution in [-0.4, -0.2) is 37.4 Å². The van der Waals surface area contributed by atoms with Gasteiger partial charge in [0.1, 0.15) is 12.7 Å². The van der Waals surface area contributed by atoms with E-state index >= 15 is 0 Å². The van der Waals surface area contributed by atoms with Crippen molar-refractivity contribution in [3.63, 3.8) is 0 Å². The summed E-state index contributed by atoms with van der Waals surface area (Å²) >= 11 is 0. The average molecular weight is 410 g/mol. The van der Waals surface area contributed by atoms with Gasteiger partial charge in [-0.3, -0.25) is 9.89 Å². The smallest absolute Gasteiger partial charge is 0.272 e. The third-order valence-electron chi connectivity index (χ3n) is 4.38. The fraction of sp³-hybridized carbons (Fsp3) is 0.294. The van der Waals surface area contributed by atoms with Gasteiger partial charge >= 0.3 is 0 Å². The maximum atomic E-state index is 12.5. The number of halogens is 2. The molecule has 3 heterocycles. The van der Waals surface area contributed by atoms with Crippen molar-refractivity contribution >= 4 is 30.7 Å².